The van der Waals surface area contributed by atoms with Gasteiger partial charge in [0, 0.05) is 11.7 Å². The zero-order valence-corrected chi connectivity index (χ0v) is 13.0. The highest BCUT2D eigenvalue weighted by molar-refractivity contribution is 5.79. The molecule has 118 valence electrons. The van der Waals surface area contributed by atoms with Crippen molar-refractivity contribution in [3.63, 3.8) is 0 Å². The van der Waals surface area contributed by atoms with Crippen LogP contribution < -0.4 is 21.5 Å². The summed E-state index contributed by atoms with van der Waals surface area (Å²) in [4.78, 5) is 23.7. The third-order valence-corrected chi connectivity index (χ3v) is 3.85. The van der Waals surface area contributed by atoms with Crippen LogP contribution in [0, 0.1) is 11.3 Å². The van der Waals surface area contributed by atoms with Gasteiger partial charge in [0.1, 0.15) is 11.4 Å². The Morgan fingerprint density at radius 3 is 2.17 bits per heavy atom. The van der Waals surface area contributed by atoms with E-state index in [2.05, 4.69) is 10.6 Å². The van der Waals surface area contributed by atoms with Gasteiger partial charge < -0.3 is 10.6 Å². The van der Waals surface area contributed by atoms with Crippen molar-refractivity contribution in [2.45, 2.75) is 13.0 Å². The molecule has 1 unspecified atom stereocenters. The molecule has 0 saturated heterocycles. The van der Waals surface area contributed by atoms with Gasteiger partial charge >= 0.3 is 0 Å². The molecule has 3 aromatic carbocycles. The summed E-state index contributed by atoms with van der Waals surface area (Å²) >= 11 is 0. The molecule has 0 radical (unpaired) electrons. The number of anilines is 3. The number of hydrogen-bond acceptors (Lipinski definition) is 5. The van der Waals surface area contributed by atoms with Crippen LogP contribution in [0.1, 0.15) is 24.1 Å². The Balaban J connectivity index is 1.81. The minimum absolute atomic E-state index is 0.101. The first-order valence-electron chi connectivity index (χ1n) is 7.52. The van der Waals surface area contributed by atoms with E-state index in [1.54, 1.807) is 24.3 Å². The Bertz CT molecular complexity index is 963. The molecule has 0 heterocycles. The number of nitrogens with one attached hydrogen (secondary N) is 2. The van der Waals surface area contributed by atoms with Gasteiger partial charge in [-0.15, -0.1) is 0 Å². The molecule has 2 N–H and O–H groups in total. The standard InChI is InChI=1S/C19H15N3O2/c1-12(14-5-3-2-4-6-14)21-16-17(19(24)18(16)23)22-15-9-7-13(11-20)8-10-15/h2-10,12,21-22H,1H3. The summed E-state index contributed by atoms with van der Waals surface area (Å²) in [5.74, 6) is 0. The second-order valence-corrected chi connectivity index (χ2v) is 5.50. The molecule has 0 aromatic heterocycles. The first-order chi connectivity index (χ1) is 11.6. The topological polar surface area (TPSA) is 82.0 Å². The second kappa shape index (κ2) is 6.39. The Morgan fingerprint density at radius 2 is 1.54 bits per heavy atom. The maximum Gasteiger partial charge on any atom is 0.253 e. The Hall–Kier alpha value is -3.39. The van der Waals surface area contributed by atoms with E-state index < -0.39 is 10.9 Å². The molecule has 0 aliphatic heterocycles. The van der Waals surface area contributed by atoms with Crippen molar-refractivity contribution in [2.24, 2.45) is 0 Å². The summed E-state index contributed by atoms with van der Waals surface area (Å²) < 4.78 is 0. The van der Waals surface area contributed by atoms with E-state index in [1.807, 2.05) is 43.3 Å². The van der Waals surface area contributed by atoms with Crippen molar-refractivity contribution in [1.82, 2.24) is 0 Å². The van der Waals surface area contributed by atoms with Gasteiger partial charge in [-0.05, 0) is 36.8 Å². The molecule has 0 bridgehead atoms. The fourth-order valence-corrected chi connectivity index (χ4v) is 2.46. The van der Waals surface area contributed by atoms with E-state index in [-0.39, 0.29) is 11.7 Å². The van der Waals surface area contributed by atoms with Crippen molar-refractivity contribution in [3.05, 3.63) is 86.2 Å². The third kappa shape index (κ3) is 2.90. The number of benzene rings is 2. The van der Waals surface area contributed by atoms with E-state index in [9.17, 15) is 9.59 Å². The van der Waals surface area contributed by atoms with Crippen LogP contribution in [-0.4, -0.2) is 0 Å². The fourth-order valence-electron chi connectivity index (χ4n) is 2.46. The molecule has 0 aliphatic rings. The van der Waals surface area contributed by atoms with E-state index in [1.165, 1.54) is 0 Å². The molecule has 24 heavy (non-hydrogen) atoms. The average molecular weight is 317 g/mol. The molecular formula is C19H15N3O2. The van der Waals surface area contributed by atoms with Gasteiger partial charge in [0.05, 0.1) is 11.6 Å². The van der Waals surface area contributed by atoms with Crippen LogP contribution in [0.25, 0.3) is 0 Å². The van der Waals surface area contributed by atoms with Gasteiger partial charge in [0.25, 0.3) is 10.9 Å². The van der Waals surface area contributed by atoms with Gasteiger partial charge in [0.2, 0.25) is 0 Å². The summed E-state index contributed by atoms with van der Waals surface area (Å²) in [6.45, 7) is 1.93. The molecule has 0 fully saturated rings. The van der Waals surface area contributed by atoms with Crippen LogP contribution in [0.4, 0.5) is 17.1 Å². The van der Waals surface area contributed by atoms with Crippen molar-refractivity contribution >= 4 is 17.1 Å². The predicted molar refractivity (Wildman–Crippen MR) is 94.3 cm³/mol. The average Bonchev–Trinajstić information content (AvgIpc) is 2.65. The van der Waals surface area contributed by atoms with Gasteiger partial charge in [-0.2, -0.15) is 5.26 Å². The van der Waals surface area contributed by atoms with Crippen LogP contribution >= 0.6 is 0 Å². The van der Waals surface area contributed by atoms with Crippen LogP contribution in [0.3, 0.4) is 0 Å². The van der Waals surface area contributed by atoms with E-state index >= 15 is 0 Å². The number of nitrogens with zero attached hydrogens (tertiary/aromatic N) is 1. The maximum absolute atomic E-state index is 11.9. The zero-order chi connectivity index (χ0) is 17.1. The molecule has 0 aliphatic carbocycles. The summed E-state index contributed by atoms with van der Waals surface area (Å²) in [6, 6.07) is 18.3. The summed E-state index contributed by atoms with van der Waals surface area (Å²) in [5, 5.41) is 14.9. The van der Waals surface area contributed by atoms with Gasteiger partial charge in [0.15, 0.2) is 0 Å². The Labute approximate surface area is 138 Å². The van der Waals surface area contributed by atoms with E-state index in [0.717, 1.165) is 5.56 Å². The predicted octanol–water partition coefficient (Wildman–Crippen LogP) is 3.07. The van der Waals surface area contributed by atoms with Crippen LogP contribution in [0.5, 0.6) is 0 Å². The lowest BCUT2D eigenvalue weighted by molar-refractivity contribution is 0.880. The van der Waals surface area contributed by atoms with Gasteiger partial charge in [-0.1, -0.05) is 30.3 Å². The van der Waals surface area contributed by atoms with E-state index in [0.29, 0.717) is 16.9 Å². The van der Waals surface area contributed by atoms with Crippen LogP contribution in [0.2, 0.25) is 0 Å². The molecular weight excluding hydrogens is 302 g/mol. The molecule has 3 rings (SSSR count). The molecule has 5 nitrogen and oxygen atoms in total. The lowest BCUT2D eigenvalue weighted by Gasteiger charge is -2.20. The lowest BCUT2D eigenvalue weighted by atomic mass is 10.1. The second-order valence-electron chi connectivity index (χ2n) is 5.50. The highest BCUT2D eigenvalue weighted by Gasteiger charge is 2.22. The highest BCUT2D eigenvalue weighted by Crippen LogP contribution is 2.25. The quantitative estimate of drug-likeness (QED) is 0.707. The highest BCUT2D eigenvalue weighted by atomic mass is 16.2. The SMILES string of the molecule is CC(Nc1c(Nc2ccc(C#N)cc2)c(=O)c1=O)c1ccccc1. The van der Waals surface area contributed by atoms with Crippen molar-refractivity contribution in [3.8, 4) is 6.07 Å². The minimum atomic E-state index is -0.540. The molecule has 3 aromatic rings. The monoisotopic (exact) mass is 317 g/mol. The van der Waals surface area contributed by atoms with Crippen molar-refractivity contribution < 1.29 is 0 Å². The van der Waals surface area contributed by atoms with Gasteiger partial charge in [-0.3, -0.25) is 9.59 Å². The molecule has 0 spiro atoms. The lowest BCUT2D eigenvalue weighted by Crippen LogP contribution is -2.37. The minimum Gasteiger partial charge on any atom is -0.373 e. The maximum atomic E-state index is 11.9. The summed E-state index contributed by atoms with van der Waals surface area (Å²) in [6.07, 6.45) is 0. The van der Waals surface area contributed by atoms with E-state index in [4.69, 9.17) is 5.26 Å². The van der Waals surface area contributed by atoms with Crippen LogP contribution in [0.15, 0.2) is 64.2 Å². The van der Waals surface area contributed by atoms with Crippen LogP contribution in [-0.2, 0) is 0 Å². The fraction of sp³-hybridized carbons (Fsp3) is 0.105. The molecule has 1 atom stereocenters. The number of rotatable bonds is 5. The zero-order valence-electron chi connectivity index (χ0n) is 13.0. The molecule has 0 saturated carbocycles. The third-order valence-electron chi connectivity index (χ3n) is 3.85. The van der Waals surface area contributed by atoms with Crippen molar-refractivity contribution in [1.29, 1.82) is 5.26 Å². The Morgan fingerprint density at radius 1 is 0.917 bits per heavy atom. The smallest absolute Gasteiger partial charge is 0.253 e. The summed E-state index contributed by atoms with van der Waals surface area (Å²) in [5.41, 5.74) is 1.69. The van der Waals surface area contributed by atoms with Gasteiger partial charge in [-0.25, -0.2) is 0 Å². The van der Waals surface area contributed by atoms with Crippen molar-refractivity contribution in [2.75, 3.05) is 10.6 Å². The summed E-state index contributed by atoms with van der Waals surface area (Å²) in [7, 11) is 0. The Kier molecular flexibility index (Phi) is 4.13. The first-order valence-corrected chi connectivity index (χ1v) is 7.52. The number of nitriles is 1. The normalized spacial score (nSPS) is 11.7. The largest absolute Gasteiger partial charge is 0.373 e. The molecule has 5 heteroatoms. The first kappa shape index (κ1) is 15.5. The molecule has 0 amide bonds. The number of hydrogen-bond donors (Lipinski definition) is 2.